The molecule has 28 heavy (non-hydrogen) atoms. The molecule has 1 heterocycles. The molecule has 0 bridgehead atoms. The highest BCUT2D eigenvalue weighted by atomic mass is 127. The zero-order valence-electron chi connectivity index (χ0n) is 16.7. The van der Waals surface area contributed by atoms with Crippen LogP contribution in [-0.4, -0.2) is 81.3 Å². The van der Waals surface area contributed by atoms with Crippen molar-refractivity contribution in [2.24, 2.45) is 4.99 Å². The van der Waals surface area contributed by atoms with Gasteiger partial charge >= 0.3 is 6.18 Å². The van der Waals surface area contributed by atoms with Crippen LogP contribution in [0.3, 0.4) is 0 Å². The Balaban J connectivity index is 0.00000392. The van der Waals surface area contributed by atoms with Crippen LogP contribution in [0, 0.1) is 0 Å². The summed E-state index contributed by atoms with van der Waals surface area (Å²) in [6.07, 6.45) is -2.57. The number of hydrogen-bond donors (Lipinski definition) is 2. The topological polar surface area (TPSA) is 42.9 Å². The zero-order chi connectivity index (χ0) is 19.9. The number of benzene rings is 1. The second kappa shape index (κ2) is 11.8. The zero-order valence-corrected chi connectivity index (χ0v) is 19.0. The molecule has 1 aromatic rings. The molecule has 0 spiro atoms. The molecule has 1 fully saturated rings. The minimum absolute atomic E-state index is 0. The van der Waals surface area contributed by atoms with Gasteiger partial charge in [0.15, 0.2) is 5.96 Å². The fraction of sp³-hybridized carbons (Fsp3) is 0.632. The maximum atomic E-state index is 12.5. The van der Waals surface area contributed by atoms with Gasteiger partial charge in [-0.25, -0.2) is 0 Å². The van der Waals surface area contributed by atoms with Gasteiger partial charge in [0, 0.05) is 38.8 Å². The minimum Gasteiger partial charge on any atom is -0.355 e. The standard InChI is InChI=1S/C19H30F3N5.HI/c1-23-18(25-16-9-10-27(13-16)14-19(20,21)22)24-12-17(26(2)3)11-15-7-5-4-6-8-15;/h4-8,16-17H,9-14H2,1-3H3,(H2,23,24,25);1H. The number of nitrogens with one attached hydrogen (secondary N) is 2. The number of aliphatic imine (C=N–C) groups is 1. The lowest BCUT2D eigenvalue weighted by Gasteiger charge is -2.26. The Labute approximate surface area is 182 Å². The van der Waals surface area contributed by atoms with Crippen LogP contribution in [0.4, 0.5) is 13.2 Å². The molecule has 2 rings (SSSR count). The van der Waals surface area contributed by atoms with Crippen LogP contribution < -0.4 is 10.6 Å². The Hall–Kier alpha value is -1.07. The summed E-state index contributed by atoms with van der Waals surface area (Å²) in [7, 11) is 5.76. The van der Waals surface area contributed by atoms with Crippen LogP contribution in [-0.2, 0) is 6.42 Å². The van der Waals surface area contributed by atoms with Gasteiger partial charge in [0.25, 0.3) is 0 Å². The third-order valence-corrected chi connectivity index (χ3v) is 4.79. The lowest BCUT2D eigenvalue weighted by molar-refractivity contribution is -0.143. The molecule has 9 heteroatoms. The maximum absolute atomic E-state index is 12.5. The summed E-state index contributed by atoms with van der Waals surface area (Å²) in [6, 6.07) is 10.5. The van der Waals surface area contributed by atoms with E-state index in [0.717, 1.165) is 6.42 Å². The molecule has 5 nitrogen and oxygen atoms in total. The fourth-order valence-electron chi connectivity index (χ4n) is 3.27. The number of nitrogens with zero attached hydrogens (tertiary/aromatic N) is 3. The first kappa shape index (κ1) is 25.0. The van der Waals surface area contributed by atoms with E-state index in [2.05, 4.69) is 32.7 Å². The number of likely N-dealkylation sites (tertiary alicyclic amines) is 1. The Morgan fingerprint density at radius 3 is 2.54 bits per heavy atom. The van der Waals surface area contributed by atoms with Crippen molar-refractivity contribution in [3.8, 4) is 0 Å². The summed E-state index contributed by atoms with van der Waals surface area (Å²) >= 11 is 0. The summed E-state index contributed by atoms with van der Waals surface area (Å²) in [6.45, 7) is 0.668. The van der Waals surface area contributed by atoms with Crippen LogP contribution in [0.15, 0.2) is 35.3 Å². The summed E-state index contributed by atoms with van der Waals surface area (Å²) in [4.78, 5) is 7.82. The lowest BCUT2D eigenvalue weighted by Crippen LogP contribution is -2.49. The molecule has 160 valence electrons. The first-order valence-electron chi connectivity index (χ1n) is 9.23. The molecule has 0 amide bonds. The van der Waals surface area contributed by atoms with E-state index in [-0.39, 0.29) is 36.1 Å². The Morgan fingerprint density at radius 2 is 1.96 bits per heavy atom. The van der Waals surface area contributed by atoms with Crippen LogP contribution in [0.2, 0.25) is 0 Å². The van der Waals surface area contributed by atoms with E-state index in [9.17, 15) is 13.2 Å². The summed E-state index contributed by atoms with van der Waals surface area (Å²) in [5, 5.41) is 6.57. The Kier molecular flexibility index (Phi) is 10.5. The normalized spacial score (nSPS) is 19.4. The van der Waals surface area contributed by atoms with E-state index in [1.165, 1.54) is 10.5 Å². The molecular weight excluding hydrogens is 482 g/mol. The summed E-state index contributed by atoms with van der Waals surface area (Å²) < 4.78 is 37.6. The first-order valence-corrected chi connectivity index (χ1v) is 9.23. The van der Waals surface area contributed by atoms with Gasteiger partial charge in [-0.3, -0.25) is 9.89 Å². The van der Waals surface area contributed by atoms with Crippen molar-refractivity contribution >= 4 is 29.9 Å². The minimum atomic E-state index is -4.15. The van der Waals surface area contributed by atoms with E-state index in [0.29, 0.717) is 32.0 Å². The molecule has 2 unspecified atom stereocenters. The second-order valence-corrected chi connectivity index (χ2v) is 7.24. The van der Waals surface area contributed by atoms with Gasteiger partial charge in [-0.15, -0.1) is 24.0 Å². The number of hydrogen-bond acceptors (Lipinski definition) is 3. The van der Waals surface area contributed by atoms with Crippen LogP contribution in [0.5, 0.6) is 0 Å². The van der Waals surface area contributed by atoms with Crippen LogP contribution in [0.25, 0.3) is 0 Å². The van der Waals surface area contributed by atoms with E-state index in [4.69, 9.17) is 0 Å². The van der Waals surface area contributed by atoms with Gasteiger partial charge in [0.05, 0.1) is 6.54 Å². The van der Waals surface area contributed by atoms with Gasteiger partial charge in [0.1, 0.15) is 0 Å². The predicted molar refractivity (Wildman–Crippen MR) is 118 cm³/mol. The number of likely N-dealkylation sites (N-methyl/N-ethyl adjacent to an activating group) is 1. The van der Waals surface area contributed by atoms with Gasteiger partial charge in [-0.05, 0) is 32.5 Å². The van der Waals surface area contributed by atoms with Crippen molar-refractivity contribution in [1.29, 1.82) is 0 Å². The highest BCUT2D eigenvalue weighted by Crippen LogP contribution is 2.19. The van der Waals surface area contributed by atoms with Gasteiger partial charge in [0.2, 0.25) is 0 Å². The molecule has 0 aromatic heterocycles. The number of rotatable bonds is 7. The third kappa shape index (κ3) is 8.95. The van der Waals surface area contributed by atoms with Crippen molar-refractivity contribution in [2.75, 3.05) is 47.3 Å². The van der Waals surface area contributed by atoms with Gasteiger partial charge in [-0.2, -0.15) is 13.2 Å². The van der Waals surface area contributed by atoms with Crippen molar-refractivity contribution < 1.29 is 13.2 Å². The van der Waals surface area contributed by atoms with Crippen LogP contribution in [0.1, 0.15) is 12.0 Å². The smallest absolute Gasteiger partial charge is 0.355 e. The molecule has 2 N–H and O–H groups in total. The van der Waals surface area contributed by atoms with Crippen molar-refractivity contribution in [1.82, 2.24) is 20.4 Å². The number of alkyl halides is 3. The fourth-order valence-corrected chi connectivity index (χ4v) is 3.27. The molecule has 0 radical (unpaired) electrons. The quantitative estimate of drug-likeness (QED) is 0.335. The predicted octanol–water partition coefficient (Wildman–Crippen LogP) is 2.58. The number of guanidine groups is 1. The lowest BCUT2D eigenvalue weighted by atomic mass is 10.1. The molecule has 1 aromatic carbocycles. The largest absolute Gasteiger partial charge is 0.401 e. The van der Waals surface area contributed by atoms with Gasteiger partial charge < -0.3 is 15.5 Å². The third-order valence-electron chi connectivity index (χ3n) is 4.79. The summed E-state index contributed by atoms with van der Waals surface area (Å²) in [5.74, 6) is 0.633. The summed E-state index contributed by atoms with van der Waals surface area (Å²) in [5.41, 5.74) is 1.26. The van der Waals surface area contributed by atoms with E-state index in [1.54, 1.807) is 7.05 Å². The highest BCUT2D eigenvalue weighted by molar-refractivity contribution is 14.0. The SMILES string of the molecule is CN=C(NCC(Cc1ccccc1)N(C)C)NC1CCN(CC(F)(F)F)C1.I. The molecular formula is C19H31F3IN5. The molecule has 1 aliphatic heterocycles. The highest BCUT2D eigenvalue weighted by Gasteiger charge is 2.34. The van der Waals surface area contributed by atoms with E-state index < -0.39 is 12.7 Å². The monoisotopic (exact) mass is 513 g/mol. The van der Waals surface area contributed by atoms with Gasteiger partial charge in [-0.1, -0.05) is 30.3 Å². The molecule has 0 aliphatic carbocycles. The van der Waals surface area contributed by atoms with Crippen LogP contribution >= 0.6 is 24.0 Å². The van der Waals surface area contributed by atoms with E-state index in [1.807, 2.05) is 32.3 Å². The molecule has 1 aliphatic rings. The molecule has 0 saturated carbocycles. The Bertz CT molecular complexity index is 595. The van der Waals surface area contributed by atoms with Crippen molar-refractivity contribution in [3.63, 3.8) is 0 Å². The molecule has 2 atom stereocenters. The van der Waals surface area contributed by atoms with Crippen molar-refractivity contribution in [2.45, 2.75) is 31.1 Å². The average Bonchev–Trinajstić information content (AvgIpc) is 3.02. The molecule has 1 saturated heterocycles. The first-order chi connectivity index (χ1) is 12.8. The number of halogens is 4. The van der Waals surface area contributed by atoms with E-state index >= 15 is 0 Å². The Morgan fingerprint density at radius 1 is 1.29 bits per heavy atom. The van der Waals surface area contributed by atoms with Crippen molar-refractivity contribution in [3.05, 3.63) is 35.9 Å². The maximum Gasteiger partial charge on any atom is 0.401 e. The average molecular weight is 513 g/mol. The second-order valence-electron chi connectivity index (χ2n) is 7.24.